The van der Waals surface area contributed by atoms with Crippen LogP contribution >= 0.6 is 11.3 Å². The lowest BCUT2D eigenvalue weighted by Gasteiger charge is -2.34. The first kappa shape index (κ1) is 12.0. The van der Waals surface area contributed by atoms with Crippen LogP contribution in [-0.4, -0.2) is 31.9 Å². The second kappa shape index (κ2) is 4.42. The summed E-state index contributed by atoms with van der Waals surface area (Å²) in [7, 11) is -3.63. The largest absolute Gasteiger partial charge is 0.368 e. The fourth-order valence-electron chi connectivity index (χ4n) is 1.76. The van der Waals surface area contributed by atoms with Gasteiger partial charge in [0.2, 0.25) is 0 Å². The molecule has 0 bridgehead atoms. The normalized spacial score (nSPS) is 28.1. The van der Waals surface area contributed by atoms with Crippen LogP contribution in [-0.2, 0) is 14.9 Å². The van der Waals surface area contributed by atoms with Gasteiger partial charge in [0.1, 0.15) is 0 Å². The zero-order valence-corrected chi connectivity index (χ0v) is 10.5. The maximum atomic E-state index is 11.3. The molecule has 0 aliphatic carbocycles. The highest BCUT2D eigenvalue weighted by Crippen LogP contribution is 2.27. The number of ether oxygens (including phenoxy) is 1. The van der Waals surface area contributed by atoms with Gasteiger partial charge in [-0.3, -0.25) is 0 Å². The summed E-state index contributed by atoms with van der Waals surface area (Å²) in [5.74, 6) is 0. The Hall–Kier alpha value is -0.470. The fourth-order valence-corrected chi connectivity index (χ4v) is 3.23. The Bertz CT molecular complexity index is 443. The van der Waals surface area contributed by atoms with Gasteiger partial charge < -0.3 is 4.74 Å². The number of morpholine rings is 1. The van der Waals surface area contributed by atoms with Crippen LogP contribution in [0.3, 0.4) is 0 Å². The van der Waals surface area contributed by atoms with Gasteiger partial charge in [-0.1, -0.05) is 0 Å². The van der Waals surface area contributed by atoms with Crippen molar-refractivity contribution in [3.05, 3.63) is 22.4 Å². The van der Waals surface area contributed by atoms with Gasteiger partial charge in [-0.25, -0.2) is 5.14 Å². The second-order valence-electron chi connectivity index (χ2n) is 3.85. The van der Waals surface area contributed by atoms with Crippen molar-refractivity contribution >= 4 is 21.5 Å². The van der Waals surface area contributed by atoms with Crippen LogP contribution in [0.2, 0.25) is 0 Å². The summed E-state index contributed by atoms with van der Waals surface area (Å²) in [5.41, 5.74) is 1.00. The highest BCUT2D eigenvalue weighted by Gasteiger charge is 2.31. The summed E-state index contributed by atoms with van der Waals surface area (Å²) in [6.07, 6.45) is -0.356. The van der Waals surface area contributed by atoms with Crippen molar-refractivity contribution in [2.45, 2.75) is 19.1 Å². The van der Waals surface area contributed by atoms with Crippen LogP contribution in [0.25, 0.3) is 0 Å². The van der Waals surface area contributed by atoms with E-state index in [9.17, 15) is 8.42 Å². The molecule has 1 saturated heterocycles. The Morgan fingerprint density at radius 1 is 1.56 bits per heavy atom. The van der Waals surface area contributed by atoms with Gasteiger partial charge in [-0.2, -0.15) is 24.1 Å². The molecule has 1 aliphatic heterocycles. The Labute approximate surface area is 99.0 Å². The summed E-state index contributed by atoms with van der Waals surface area (Å²) in [6, 6.07) is 1.94. The topological polar surface area (TPSA) is 72.6 Å². The third-order valence-electron chi connectivity index (χ3n) is 2.50. The number of hydrogen-bond acceptors (Lipinski definition) is 4. The van der Waals surface area contributed by atoms with Crippen LogP contribution in [0.5, 0.6) is 0 Å². The van der Waals surface area contributed by atoms with Crippen molar-refractivity contribution in [2.24, 2.45) is 5.14 Å². The van der Waals surface area contributed by atoms with Gasteiger partial charge >= 0.3 is 0 Å². The van der Waals surface area contributed by atoms with Crippen molar-refractivity contribution in [3.63, 3.8) is 0 Å². The molecule has 1 aliphatic rings. The average Bonchev–Trinajstić information content (AvgIpc) is 2.68. The molecule has 2 heterocycles. The summed E-state index contributed by atoms with van der Waals surface area (Å²) in [6.45, 7) is 2.45. The molecular weight excluding hydrogens is 248 g/mol. The molecule has 16 heavy (non-hydrogen) atoms. The molecule has 1 aromatic rings. The van der Waals surface area contributed by atoms with Crippen molar-refractivity contribution in [1.82, 2.24) is 4.31 Å². The average molecular weight is 262 g/mol. The molecule has 5 nitrogen and oxygen atoms in total. The molecule has 1 fully saturated rings. The van der Waals surface area contributed by atoms with Crippen molar-refractivity contribution < 1.29 is 13.2 Å². The van der Waals surface area contributed by atoms with Crippen molar-refractivity contribution in [1.29, 1.82) is 0 Å². The van der Waals surface area contributed by atoms with Crippen LogP contribution in [0.1, 0.15) is 18.6 Å². The minimum atomic E-state index is -3.63. The zero-order valence-electron chi connectivity index (χ0n) is 8.87. The zero-order chi connectivity index (χ0) is 11.8. The fraction of sp³-hybridized carbons (Fsp3) is 0.556. The van der Waals surface area contributed by atoms with E-state index in [1.165, 1.54) is 4.31 Å². The van der Waals surface area contributed by atoms with Crippen LogP contribution < -0.4 is 5.14 Å². The Morgan fingerprint density at radius 2 is 2.31 bits per heavy atom. The second-order valence-corrected chi connectivity index (χ2v) is 6.18. The number of thiophene rings is 1. The lowest BCUT2D eigenvalue weighted by molar-refractivity contribution is -0.0555. The first-order chi connectivity index (χ1) is 7.47. The molecule has 90 valence electrons. The van der Waals surface area contributed by atoms with E-state index in [2.05, 4.69) is 0 Å². The SMILES string of the molecule is C[C@H]1CN(S(N)(=O)=O)C[C@@H](c2ccsc2)O1. The van der Waals surface area contributed by atoms with Gasteiger partial charge in [-0.05, 0) is 29.3 Å². The number of hydrogen-bond donors (Lipinski definition) is 1. The van der Waals surface area contributed by atoms with E-state index in [4.69, 9.17) is 9.88 Å². The summed E-state index contributed by atoms with van der Waals surface area (Å²) in [5, 5.41) is 9.04. The Balaban J connectivity index is 2.18. The van der Waals surface area contributed by atoms with E-state index in [0.717, 1.165) is 5.56 Å². The molecule has 0 spiro atoms. The van der Waals surface area contributed by atoms with Gasteiger partial charge in [0, 0.05) is 13.1 Å². The monoisotopic (exact) mass is 262 g/mol. The lowest BCUT2D eigenvalue weighted by atomic mass is 10.1. The summed E-state index contributed by atoms with van der Waals surface area (Å²) in [4.78, 5) is 0. The summed E-state index contributed by atoms with van der Waals surface area (Å²) < 4.78 is 29.6. The third kappa shape index (κ3) is 2.61. The van der Waals surface area contributed by atoms with E-state index in [0.29, 0.717) is 13.1 Å². The molecule has 0 saturated carbocycles. The van der Waals surface area contributed by atoms with Gasteiger partial charge in [0.15, 0.2) is 0 Å². The third-order valence-corrected chi connectivity index (χ3v) is 4.22. The Morgan fingerprint density at radius 3 is 2.88 bits per heavy atom. The van der Waals surface area contributed by atoms with E-state index in [1.807, 2.05) is 23.8 Å². The van der Waals surface area contributed by atoms with E-state index >= 15 is 0 Å². The maximum absolute atomic E-state index is 11.3. The van der Waals surface area contributed by atoms with E-state index in [-0.39, 0.29) is 12.2 Å². The first-order valence-corrected chi connectivity index (χ1v) is 7.37. The molecule has 0 radical (unpaired) electrons. The maximum Gasteiger partial charge on any atom is 0.277 e. The molecule has 0 unspecified atom stereocenters. The van der Waals surface area contributed by atoms with Crippen LogP contribution in [0.4, 0.5) is 0 Å². The van der Waals surface area contributed by atoms with Crippen LogP contribution in [0, 0.1) is 0 Å². The smallest absolute Gasteiger partial charge is 0.277 e. The molecule has 7 heteroatoms. The number of rotatable bonds is 2. The quantitative estimate of drug-likeness (QED) is 0.853. The van der Waals surface area contributed by atoms with E-state index in [1.54, 1.807) is 11.3 Å². The highest BCUT2D eigenvalue weighted by atomic mass is 32.2. The Kier molecular flexibility index (Phi) is 3.32. The molecule has 0 amide bonds. The predicted octanol–water partition coefficient (Wildman–Crippen LogP) is 0.713. The minimum absolute atomic E-state index is 0.142. The number of nitrogens with zero attached hydrogens (tertiary/aromatic N) is 1. The van der Waals surface area contributed by atoms with Gasteiger partial charge in [0.25, 0.3) is 10.2 Å². The van der Waals surface area contributed by atoms with Gasteiger partial charge in [0.05, 0.1) is 12.2 Å². The molecule has 1 aromatic heterocycles. The molecule has 0 aromatic carbocycles. The minimum Gasteiger partial charge on any atom is -0.368 e. The lowest BCUT2D eigenvalue weighted by Crippen LogP contribution is -2.48. The van der Waals surface area contributed by atoms with Crippen LogP contribution in [0.15, 0.2) is 16.8 Å². The first-order valence-electron chi connectivity index (χ1n) is 4.92. The summed E-state index contributed by atoms with van der Waals surface area (Å²) >= 11 is 1.56. The predicted molar refractivity (Wildman–Crippen MR) is 62.3 cm³/mol. The standard InChI is InChI=1S/C9H14N2O3S2/c1-7-4-11(16(10,12)13)5-9(14-7)8-2-3-15-6-8/h2-3,6-7,9H,4-5H2,1H3,(H2,10,12,13)/t7-,9-/m0/s1. The molecular formula is C9H14N2O3S2. The molecule has 2 rings (SSSR count). The van der Waals surface area contributed by atoms with E-state index < -0.39 is 10.2 Å². The molecule has 2 N–H and O–H groups in total. The number of nitrogens with two attached hydrogens (primary N) is 1. The van der Waals surface area contributed by atoms with Crippen molar-refractivity contribution in [2.75, 3.05) is 13.1 Å². The van der Waals surface area contributed by atoms with Gasteiger partial charge in [-0.15, -0.1) is 0 Å². The molecule has 2 atom stereocenters. The van der Waals surface area contributed by atoms with Crippen molar-refractivity contribution in [3.8, 4) is 0 Å². The highest BCUT2D eigenvalue weighted by molar-refractivity contribution is 7.86.